The molecular formula is C22H18ClN3O2. The minimum absolute atomic E-state index is 0.111. The lowest BCUT2D eigenvalue weighted by atomic mass is 10.1. The number of anilines is 1. The highest BCUT2D eigenvalue weighted by Gasteiger charge is 2.12. The van der Waals surface area contributed by atoms with Crippen LogP contribution in [-0.4, -0.2) is 20.8 Å². The van der Waals surface area contributed by atoms with Gasteiger partial charge < -0.3 is 10.5 Å². The number of nitrogens with one attached hydrogen (secondary N) is 1. The molecule has 1 heterocycles. The monoisotopic (exact) mass is 391 g/mol. The Hall–Kier alpha value is -3.31. The average molecular weight is 392 g/mol. The molecule has 0 radical (unpaired) electrons. The van der Waals surface area contributed by atoms with Crippen LogP contribution in [0.3, 0.4) is 0 Å². The number of fused-ring (bicyclic) bond motifs is 1. The summed E-state index contributed by atoms with van der Waals surface area (Å²) in [6.07, 6.45) is 0.269. The molecule has 2 N–H and O–H groups in total. The van der Waals surface area contributed by atoms with Crippen molar-refractivity contribution in [3.63, 3.8) is 0 Å². The van der Waals surface area contributed by atoms with E-state index in [2.05, 4.69) is 10.3 Å². The molecule has 0 aliphatic carbocycles. The second-order valence-electron chi connectivity index (χ2n) is 6.67. The molecule has 3 aromatic carbocycles. The van der Waals surface area contributed by atoms with Crippen LogP contribution < -0.4 is 5.32 Å². The van der Waals surface area contributed by atoms with Crippen molar-refractivity contribution in [2.45, 2.75) is 13.3 Å². The maximum Gasteiger partial charge on any atom is 0.228 e. The number of halogens is 1. The van der Waals surface area contributed by atoms with Crippen molar-refractivity contribution in [2.75, 3.05) is 5.32 Å². The maximum absolute atomic E-state index is 12.2. The van der Waals surface area contributed by atoms with Gasteiger partial charge >= 0.3 is 0 Å². The van der Waals surface area contributed by atoms with E-state index in [0.29, 0.717) is 22.1 Å². The Bertz CT molecular complexity index is 1150. The van der Waals surface area contributed by atoms with Crippen LogP contribution in [0, 0.1) is 6.92 Å². The molecule has 4 aromatic rings. The Balaban J connectivity index is 1.50. The van der Waals surface area contributed by atoms with Crippen molar-refractivity contribution in [3.8, 4) is 11.4 Å². The second kappa shape index (κ2) is 7.37. The summed E-state index contributed by atoms with van der Waals surface area (Å²) in [6, 6.07) is 20.1. The van der Waals surface area contributed by atoms with Gasteiger partial charge in [0.05, 0.1) is 11.9 Å². The van der Waals surface area contributed by atoms with Gasteiger partial charge in [-0.15, -0.1) is 0 Å². The van der Waals surface area contributed by atoms with E-state index in [1.165, 1.54) is 0 Å². The van der Waals surface area contributed by atoms with Gasteiger partial charge in [-0.1, -0.05) is 29.8 Å². The quantitative estimate of drug-likeness (QED) is 0.476. The van der Waals surface area contributed by atoms with E-state index in [9.17, 15) is 10.0 Å². The number of nitrogens with zero attached hydrogens (tertiary/aromatic N) is 2. The van der Waals surface area contributed by atoms with Crippen LogP contribution in [0.4, 0.5) is 5.69 Å². The third-order valence-electron chi connectivity index (χ3n) is 4.49. The Morgan fingerprint density at radius 2 is 1.79 bits per heavy atom. The number of carbonyl (C=O) groups excluding carboxylic acids is 1. The molecule has 6 heteroatoms. The van der Waals surface area contributed by atoms with Gasteiger partial charge in [0, 0.05) is 16.3 Å². The molecule has 1 amide bonds. The van der Waals surface area contributed by atoms with Gasteiger partial charge in [0.1, 0.15) is 5.52 Å². The summed E-state index contributed by atoms with van der Waals surface area (Å²) in [5.41, 5.74) is 4.76. The molecule has 0 aliphatic rings. The number of carbonyl (C=O) groups is 1. The highest BCUT2D eigenvalue weighted by atomic mass is 35.5. The van der Waals surface area contributed by atoms with Crippen molar-refractivity contribution in [2.24, 2.45) is 0 Å². The Morgan fingerprint density at radius 3 is 2.50 bits per heavy atom. The molecule has 0 aliphatic heterocycles. The smallest absolute Gasteiger partial charge is 0.228 e. The molecule has 0 saturated heterocycles. The maximum atomic E-state index is 12.2. The third kappa shape index (κ3) is 3.70. The number of rotatable bonds is 4. The van der Waals surface area contributed by atoms with E-state index in [0.717, 1.165) is 26.9 Å². The summed E-state index contributed by atoms with van der Waals surface area (Å²) in [5, 5.41) is 14.0. The summed E-state index contributed by atoms with van der Waals surface area (Å²) in [4.78, 5) is 16.7. The van der Waals surface area contributed by atoms with Gasteiger partial charge in [0.25, 0.3) is 0 Å². The summed E-state index contributed by atoms with van der Waals surface area (Å²) >= 11 is 5.86. The zero-order valence-corrected chi connectivity index (χ0v) is 15.9. The summed E-state index contributed by atoms with van der Waals surface area (Å²) in [5.74, 6) is 0.347. The van der Waals surface area contributed by atoms with Crippen LogP contribution in [0.5, 0.6) is 0 Å². The van der Waals surface area contributed by atoms with E-state index in [-0.39, 0.29) is 12.3 Å². The van der Waals surface area contributed by atoms with Crippen LogP contribution in [0.1, 0.15) is 11.1 Å². The van der Waals surface area contributed by atoms with Crippen molar-refractivity contribution >= 4 is 34.2 Å². The lowest BCUT2D eigenvalue weighted by Gasteiger charge is -2.07. The first-order chi connectivity index (χ1) is 13.5. The van der Waals surface area contributed by atoms with Gasteiger partial charge in [0.15, 0.2) is 5.82 Å². The molecule has 4 rings (SSSR count). The summed E-state index contributed by atoms with van der Waals surface area (Å²) < 4.78 is 1.09. The fourth-order valence-corrected chi connectivity index (χ4v) is 3.18. The molecule has 1 aromatic heterocycles. The number of amides is 1. The van der Waals surface area contributed by atoms with Crippen molar-refractivity contribution < 1.29 is 10.0 Å². The predicted octanol–water partition coefficient (Wildman–Crippen LogP) is 5.08. The van der Waals surface area contributed by atoms with Crippen molar-refractivity contribution in [3.05, 3.63) is 82.9 Å². The van der Waals surface area contributed by atoms with Crippen LogP contribution in [0.2, 0.25) is 5.02 Å². The normalized spacial score (nSPS) is 10.9. The van der Waals surface area contributed by atoms with Gasteiger partial charge in [-0.05, 0) is 66.6 Å². The third-order valence-corrected chi connectivity index (χ3v) is 4.74. The lowest BCUT2D eigenvalue weighted by Crippen LogP contribution is -2.14. The predicted molar refractivity (Wildman–Crippen MR) is 111 cm³/mol. The van der Waals surface area contributed by atoms with E-state index in [1.807, 2.05) is 49.4 Å². The van der Waals surface area contributed by atoms with Crippen LogP contribution in [0.15, 0.2) is 66.7 Å². The van der Waals surface area contributed by atoms with E-state index >= 15 is 0 Å². The molecule has 0 saturated carbocycles. The zero-order chi connectivity index (χ0) is 19.7. The van der Waals surface area contributed by atoms with Crippen LogP contribution in [-0.2, 0) is 11.2 Å². The molecule has 5 nitrogen and oxygen atoms in total. The minimum atomic E-state index is -0.111. The number of imidazole rings is 1. The molecule has 0 atom stereocenters. The lowest BCUT2D eigenvalue weighted by molar-refractivity contribution is -0.115. The number of aromatic nitrogens is 2. The molecule has 0 fully saturated rings. The summed E-state index contributed by atoms with van der Waals surface area (Å²) in [7, 11) is 0. The van der Waals surface area contributed by atoms with Crippen LogP contribution >= 0.6 is 11.6 Å². The Kier molecular flexibility index (Phi) is 4.75. The fourth-order valence-electron chi connectivity index (χ4n) is 3.06. The molecule has 0 unspecified atom stereocenters. The Morgan fingerprint density at radius 1 is 1.07 bits per heavy atom. The van der Waals surface area contributed by atoms with Gasteiger partial charge in [-0.3, -0.25) is 4.79 Å². The number of hydrogen-bond donors (Lipinski definition) is 2. The highest BCUT2D eigenvalue weighted by molar-refractivity contribution is 6.30. The molecular weight excluding hydrogens is 374 g/mol. The van der Waals surface area contributed by atoms with Gasteiger partial charge in [-0.2, -0.15) is 4.73 Å². The number of aryl methyl sites for hydroxylation is 1. The van der Waals surface area contributed by atoms with Crippen LogP contribution in [0.25, 0.3) is 22.4 Å². The van der Waals surface area contributed by atoms with Gasteiger partial charge in [0.2, 0.25) is 5.91 Å². The molecule has 0 bridgehead atoms. The second-order valence-corrected chi connectivity index (χ2v) is 7.10. The zero-order valence-electron chi connectivity index (χ0n) is 15.2. The largest absolute Gasteiger partial charge is 0.426 e. The standard InChI is InChI=1S/C22H18ClN3O2/c1-14-2-11-19-20(12-14)26(28)22(25-19)16-5-9-18(10-6-16)24-21(27)13-15-3-7-17(23)8-4-15/h2-12,28H,13H2,1H3,(H,24,27). The topological polar surface area (TPSA) is 67.2 Å². The van der Waals surface area contributed by atoms with Crippen molar-refractivity contribution in [1.29, 1.82) is 0 Å². The average Bonchev–Trinajstić information content (AvgIpc) is 3.00. The van der Waals surface area contributed by atoms with E-state index < -0.39 is 0 Å². The first-order valence-corrected chi connectivity index (χ1v) is 9.20. The highest BCUT2D eigenvalue weighted by Crippen LogP contribution is 2.25. The van der Waals surface area contributed by atoms with E-state index in [4.69, 9.17) is 11.6 Å². The SMILES string of the molecule is Cc1ccc2nc(-c3ccc(NC(=O)Cc4ccc(Cl)cc4)cc3)n(O)c2c1. The number of hydrogen-bond acceptors (Lipinski definition) is 3. The first-order valence-electron chi connectivity index (χ1n) is 8.83. The molecule has 140 valence electrons. The Labute approximate surface area is 167 Å². The number of benzene rings is 3. The fraction of sp³-hybridized carbons (Fsp3) is 0.0909. The minimum Gasteiger partial charge on any atom is -0.426 e. The van der Waals surface area contributed by atoms with Crippen molar-refractivity contribution in [1.82, 2.24) is 9.71 Å². The molecule has 28 heavy (non-hydrogen) atoms. The van der Waals surface area contributed by atoms with E-state index in [1.54, 1.807) is 24.3 Å². The summed E-state index contributed by atoms with van der Waals surface area (Å²) in [6.45, 7) is 1.97. The molecule has 0 spiro atoms. The van der Waals surface area contributed by atoms with Gasteiger partial charge in [-0.25, -0.2) is 4.98 Å². The first kappa shape index (κ1) is 18.1.